The van der Waals surface area contributed by atoms with Gasteiger partial charge in [-0.1, -0.05) is 32.0 Å². The Kier molecular flexibility index (Phi) is 8.45. The highest BCUT2D eigenvalue weighted by atomic mass is 127. The van der Waals surface area contributed by atoms with Gasteiger partial charge in [0, 0.05) is 12.1 Å². The van der Waals surface area contributed by atoms with E-state index in [9.17, 15) is 13.2 Å². The molecular formula is C13H19F3IN3O. The maximum absolute atomic E-state index is 12.2. The van der Waals surface area contributed by atoms with E-state index in [0.29, 0.717) is 18.0 Å². The van der Waals surface area contributed by atoms with Crippen LogP contribution in [0.2, 0.25) is 0 Å². The van der Waals surface area contributed by atoms with Crippen LogP contribution in [0.25, 0.3) is 0 Å². The van der Waals surface area contributed by atoms with E-state index in [0.717, 1.165) is 0 Å². The molecule has 3 N–H and O–H groups in total. The monoisotopic (exact) mass is 417 g/mol. The first-order valence-electron chi connectivity index (χ1n) is 6.15. The predicted molar refractivity (Wildman–Crippen MR) is 86.7 cm³/mol. The van der Waals surface area contributed by atoms with Crippen molar-refractivity contribution in [3.8, 4) is 5.75 Å². The molecule has 4 nitrogen and oxygen atoms in total. The van der Waals surface area contributed by atoms with Crippen LogP contribution in [0.1, 0.15) is 19.4 Å². The lowest BCUT2D eigenvalue weighted by molar-refractivity contribution is -0.274. The molecule has 1 aromatic rings. The van der Waals surface area contributed by atoms with Crippen LogP contribution in [-0.2, 0) is 6.54 Å². The summed E-state index contributed by atoms with van der Waals surface area (Å²) in [6.45, 7) is 4.68. The van der Waals surface area contributed by atoms with Gasteiger partial charge in [0.15, 0.2) is 5.96 Å². The van der Waals surface area contributed by atoms with Crippen molar-refractivity contribution < 1.29 is 17.9 Å². The van der Waals surface area contributed by atoms with E-state index < -0.39 is 6.36 Å². The van der Waals surface area contributed by atoms with Gasteiger partial charge in [0.05, 0.1) is 6.54 Å². The summed E-state index contributed by atoms with van der Waals surface area (Å²) in [6.07, 6.45) is -4.72. The lowest BCUT2D eigenvalue weighted by Gasteiger charge is -2.12. The van der Waals surface area contributed by atoms with E-state index >= 15 is 0 Å². The van der Waals surface area contributed by atoms with Crippen LogP contribution in [0.3, 0.4) is 0 Å². The summed E-state index contributed by atoms with van der Waals surface area (Å²) >= 11 is 0. The van der Waals surface area contributed by atoms with Gasteiger partial charge in [0.1, 0.15) is 5.75 Å². The number of nitrogens with zero attached hydrogens (tertiary/aromatic N) is 1. The zero-order valence-corrected chi connectivity index (χ0v) is 14.1. The highest BCUT2D eigenvalue weighted by Gasteiger charge is 2.31. The lowest BCUT2D eigenvalue weighted by atomic mass is 10.2. The highest BCUT2D eigenvalue weighted by Crippen LogP contribution is 2.26. The number of nitrogens with one attached hydrogen (secondary N) is 1. The quantitative estimate of drug-likeness (QED) is 0.440. The van der Waals surface area contributed by atoms with Crippen molar-refractivity contribution in [2.24, 2.45) is 16.6 Å². The molecule has 0 aromatic heterocycles. The second-order valence-electron chi connectivity index (χ2n) is 4.63. The molecule has 0 fully saturated rings. The molecule has 0 amide bonds. The summed E-state index contributed by atoms with van der Waals surface area (Å²) in [5.41, 5.74) is 5.94. The van der Waals surface area contributed by atoms with Crippen molar-refractivity contribution in [3.63, 3.8) is 0 Å². The average molecular weight is 417 g/mol. The Bertz CT molecular complexity index is 464. The van der Waals surface area contributed by atoms with E-state index in [2.05, 4.69) is 15.0 Å². The molecule has 0 aliphatic heterocycles. The normalized spacial score (nSPS) is 12.0. The predicted octanol–water partition coefficient (Wildman–Crippen LogP) is 3.26. The van der Waals surface area contributed by atoms with Gasteiger partial charge in [0.2, 0.25) is 0 Å². The first-order valence-corrected chi connectivity index (χ1v) is 6.15. The number of halogens is 4. The fourth-order valence-corrected chi connectivity index (χ4v) is 1.39. The Balaban J connectivity index is 0.00000400. The molecule has 0 saturated carbocycles. The van der Waals surface area contributed by atoms with E-state index in [1.54, 1.807) is 6.07 Å². The van der Waals surface area contributed by atoms with Crippen molar-refractivity contribution in [2.45, 2.75) is 26.8 Å². The van der Waals surface area contributed by atoms with Gasteiger partial charge in [-0.2, -0.15) is 0 Å². The maximum atomic E-state index is 12.2. The Morgan fingerprint density at radius 3 is 2.52 bits per heavy atom. The van der Waals surface area contributed by atoms with Crippen molar-refractivity contribution in [1.29, 1.82) is 0 Å². The fourth-order valence-electron chi connectivity index (χ4n) is 1.39. The highest BCUT2D eigenvalue weighted by molar-refractivity contribution is 14.0. The van der Waals surface area contributed by atoms with Crippen LogP contribution in [0.4, 0.5) is 13.2 Å². The summed E-state index contributed by atoms with van der Waals surface area (Å²) in [5.74, 6) is 0.325. The molecule has 8 heteroatoms. The van der Waals surface area contributed by atoms with Crippen molar-refractivity contribution in [1.82, 2.24) is 5.32 Å². The molecule has 1 rings (SSSR count). The summed E-state index contributed by atoms with van der Waals surface area (Å²) in [6, 6.07) is 5.84. The third-order valence-electron chi connectivity index (χ3n) is 2.31. The molecule has 0 aliphatic rings. The first kappa shape index (κ1) is 19.8. The minimum absolute atomic E-state index is 0. The maximum Gasteiger partial charge on any atom is 0.573 e. The third kappa shape index (κ3) is 8.64. The second-order valence-corrected chi connectivity index (χ2v) is 4.63. The van der Waals surface area contributed by atoms with Gasteiger partial charge in [-0.25, -0.2) is 4.99 Å². The number of rotatable bonds is 5. The molecule has 21 heavy (non-hydrogen) atoms. The average Bonchev–Trinajstić information content (AvgIpc) is 2.33. The number of para-hydroxylation sites is 1. The number of benzene rings is 1. The molecule has 0 heterocycles. The minimum atomic E-state index is -4.72. The number of aliphatic imine (C=N–C) groups is 1. The van der Waals surface area contributed by atoms with Crippen LogP contribution < -0.4 is 15.8 Å². The van der Waals surface area contributed by atoms with Crippen LogP contribution >= 0.6 is 24.0 Å². The fraction of sp³-hybridized carbons (Fsp3) is 0.462. The molecule has 1 aromatic carbocycles. The molecule has 0 radical (unpaired) electrons. The Labute approximate surface area is 139 Å². The van der Waals surface area contributed by atoms with Gasteiger partial charge >= 0.3 is 6.36 Å². The van der Waals surface area contributed by atoms with Gasteiger partial charge < -0.3 is 15.8 Å². The van der Waals surface area contributed by atoms with Gasteiger partial charge in [-0.05, 0) is 12.0 Å². The molecule has 0 bridgehead atoms. The summed E-state index contributed by atoms with van der Waals surface area (Å²) in [5, 5.41) is 2.88. The number of hydrogen-bond donors (Lipinski definition) is 2. The summed E-state index contributed by atoms with van der Waals surface area (Å²) in [7, 11) is 0. The largest absolute Gasteiger partial charge is 0.573 e. The molecule has 0 unspecified atom stereocenters. The minimum Gasteiger partial charge on any atom is -0.405 e. The second kappa shape index (κ2) is 8.96. The van der Waals surface area contributed by atoms with Crippen molar-refractivity contribution in [3.05, 3.63) is 29.8 Å². The first-order chi connectivity index (χ1) is 9.28. The van der Waals surface area contributed by atoms with E-state index in [-0.39, 0.29) is 42.2 Å². The molecule has 0 saturated heterocycles. The zero-order valence-electron chi connectivity index (χ0n) is 11.8. The number of nitrogens with two attached hydrogens (primary N) is 1. The van der Waals surface area contributed by atoms with Crippen molar-refractivity contribution in [2.75, 3.05) is 6.54 Å². The Morgan fingerprint density at radius 2 is 1.95 bits per heavy atom. The molecule has 0 aliphatic carbocycles. The van der Waals surface area contributed by atoms with Crippen molar-refractivity contribution >= 4 is 29.9 Å². The van der Waals surface area contributed by atoms with Gasteiger partial charge in [-0.15, -0.1) is 37.1 Å². The molecule has 0 spiro atoms. The SMILES string of the molecule is CC(C)CNC(N)=NCc1ccccc1OC(F)(F)F.I. The number of guanidine groups is 1. The van der Waals surface area contributed by atoms with Crippen LogP contribution in [-0.4, -0.2) is 18.9 Å². The van der Waals surface area contributed by atoms with E-state index in [4.69, 9.17) is 5.73 Å². The topological polar surface area (TPSA) is 59.6 Å². The number of alkyl halides is 3. The zero-order chi connectivity index (χ0) is 15.2. The molecule has 0 atom stereocenters. The third-order valence-corrected chi connectivity index (χ3v) is 2.31. The van der Waals surface area contributed by atoms with Crippen LogP contribution in [0.5, 0.6) is 5.75 Å². The lowest BCUT2D eigenvalue weighted by Crippen LogP contribution is -2.34. The summed E-state index contributed by atoms with van der Waals surface area (Å²) in [4.78, 5) is 3.99. The molecular weight excluding hydrogens is 398 g/mol. The number of hydrogen-bond acceptors (Lipinski definition) is 2. The smallest absolute Gasteiger partial charge is 0.405 e. The van der Waals surface area contributed by atoms with E-state index in [1.165, 1.54) is 18.2 Å². The Morgan fingerprint density at radius 1 is 1.33 bits per heavy atom. The van der Waals surface area contributed by atoms with E-state index in [1.807, 2.05) is 13.8 Å². The Hall–Kier alpha value is -1.19. The standard InChI is InChI=1S/C13H18F3N3O.HI/c1-9(2)7-18-12(17)19-8-10-5-3-4-6-11(10)20-13(14,15)16;/h3-6,9H,7-8H2,1-2H3,(H3,17,18,19);1H. The van der Waals surface area contributed by atoms with Crippen LogP contribution in [0.15, 0.2) is 29.3 Å². The molecule has 120 valence electrons. The van der Waals surface area contributed by atoms with Gasteiger partial charge in [-0.3, -0.25) is 0 Å². The van der Waals surface area contributed by atoms with Gasteiger partial charge in [0.25, 0.3) is 0 Å². The number of ether oxygens (including phenoxy) is 1. The summed E-state index contributed by atoms with van der Waals surface area (Å²) < 4.78 is 40.6. The van der Waals surface area contributed by atoms with Crippen LogP contribution in [0, 0.1) is 5.92 Å².